The maximum atomic E-state index is 10.4. The fourth-order valence-corrected chi connectivity index (χ4v) is 2.16. The normalized spacial score (nSPS) is 13.2. The Morgan fingerprint density at radius 3 is 2.06 bits per heavy atom. The smallest absolute Gasteiger partial charge is 0.320 e. The number of nitrogens with one attached hydrogen (secondary N) is 1. The van der Waals surface area contributed by atoms with E-state index in [4.69, 9.17) is 14.6 Å². The third-order valence-electron chi connectivity index (χ3n) is 3.12. The number of aliphatic carboxylic acids is 1. The van der Waals surface area contributed by atoms with Gasteiger partial charge in [0.2, 0.25) is 0 Å². The van der Waals surface area contributed by atoms with Gasteiger partial charge in [0, 0.05) is 12.3 Å². The highest BCUT2D eigenvalue weighted by Crippen LogP contribution is 2.14. The summed E-state index contributed by atoms with van der Waals surface area (Å²) in [7, 11) is 6.52. The van der Waals surface area contributed by atoms with E-state index in [2.05, 4.69) is 64.6 Å². The molecule has 2 rings (SSSR count). The number of pyridine rings is 1. The monoisotopic (exact) mass is 533 g/mol. The predicted octanol–water partition coefficient (Wildman–Crippen LogP) is 3.12. The Morgan fingerprint density at radius 1 is 1.36 bits per heavy atom. The van der Waals surface area contributed by atoms with E-state index in [-0.39, 0.29) is 6.04 Å². The number of aromatic nitrogens is 1. The molecule has 1 aliphatic rings. The van der Waals surface area contributed by atoms with Crippen molar-refractivity contribution >= 4 is 34.7 Å². The Hall–Kier alpha value is -2.48. The summed E-state index contributed by atoms with van der Waals surface area (Å²) in [6.45, 7) is 8.26. The van der Waals surface area contributed by atoms with Crippen molar-refractivity contribution in [3.8, 4) is 18.6 Å². The predicted molar refractivity (Wildman–Crippen MR) is 135 cm³/mol. The lowest BCUT2D eigenvalue weighted by atomic mass is 10.2. The summed E-state index contributed by atoms with van der Waals surface area (Å²) in [4.78, 5) is 34.5. The number of terminal acetylenes is 1. The van der Waals surface area contributed by atoms with Gasteiger partial charge in [-0.1, -0.05) is 20.8 Å². The number of nitrogens with zero attached hydrogens (tertiary/aromatic N) is 2. The van der Waals surface area contributed by atoms with Crippen LogP contribution in [0.5, 0.6) is 5.75 Å². The molecule has 0 aliphatic carbocycles. The Labute approximate surface area is 207 Å². The minimum atomic E-state index is -0.685. The van der Waals surface area contributed by atoms with Gasteiger partial charge in [-0.15, -0.1) is 12.8 Å². The summed E-state index contributed by atoms with van der Waals surface area (Å²) in [6.07, 6.45) is 12.3. The highest BCUT2D eigenvalue weighted by molar-refractivity contribution is 9.10. The molecule has 1 aromatic rings. The van der Waals surface area contributed by atoms with Crippen molar-refractivity contribution in [1.29, 1.82) is 0 Å². The number of carbonyl (C=O) groups is 3. The summed E-state index contributed by atoms with van der Waals surface area (Å²) >= 11 is 3.21. The van der Waals surface area contributed by atoms with Gasteiger partial charge in [0.25, 0.3) is 6.47 Å². The van der Waals surface area contributed by atoms with Crippen LogP contribution in [0.15, 0.2) is 22.9 Å². The molecule has 2 heterocycles. The molecule has 1 aromatic heterocycles. The summed E-state index contributed by atoms with van der Waals surface area (Å²) in [5.74, 6) is 0.965. The zero-order valence-corrected chi connectivity index (χ0v) is 22.4. The second-order valence-electron chi connectivity index (χ2n) is 6.78. The third-order valence-corrected chi connectivity index (χ3v) is 3.56. The molecule has 10 heteroatoms. The van der Waals surface area contributed by atoms with Crippen LogP contribution in [-0.4, -0.2) is 81.2 Å². The van der Waals surface area contributed by atoms with Crippen molar-refractivity contribution in [3.63, 3.8) is 0 Å². The van der Waals surface area contributed by atoms with E-state index in [1.165, 1.54) is 7.11 Å². The number of carbonyl (C=O) groups excluding carboxylic acids is 2. The standard InChI is InChI=1S/C6H6BrNO.C6H11NO2.C4H10.C3H7NO.C2H4O2.C2H2/c1-9-5-2-3-8-6(7)4-5;1-7-4-2-3-5(7)6(8)9;1-4(2)3;1-4-2-3-5;1-4-2-3;1-2/h2-4H,1H3;5H,2-4H2,1H3,(H,8,9);4H,1-3H3;3-4H,2H2,1H3;2H,1H3;1-2H/t;5-;;;;/m.0..../s1. The molecule has 33 heavy (non-hydrogen) atoms. The first-order valence-electron chi connectivity index (χ1n) is 10.1. The van der Waals surface area contributed by atoms with Gasteiger partial charge in [0.15, 0.2) is 0 Å². The van der Waals surface area contributed by atoms with Crippen LogP contribution >= 0.6 is 15.9 Å². The summed E-state index contributed by atoms with van der Waals surface area (Å²) in [5, 5.41) is 11.2. The van der Waals surface area contributed by atoms with E-state index in [1.807, 2.05) is 11.9 Å². The number of likely N-dealkylation sites (N-methyl/N-ethyl adjacent to an activating group) is 2. The number of carboxylic acid groups (broad SMARTS) is 1. The largest absolute Gasteiger partial charge is 0.497 e. The van der Waals surface area contributed by atoms with Gasteiger partial charge in [0.1, 0.15) is 22.7 Å². The number of rotatable bonds is 5. The fourth-order valence-electron chi connectivity index (χ4n) is 1.82. The van der Waals surface area contributed by atoms with Crippen LogP contribution in [0.4, 0.5) is 0 Å². The zero-order chi connectivity index (χ0) is 26.7. The van der Waals surface area contributed by atoms with Crippen molar-refractivity contribution in [2.24, 2.45) is 5.92 Å². The molecule has 0 amide bonds. The lowest BCUT2D eigenvalue weighted by Gasteiger charge is -2.13. The molecule has 0 unspecified atom stereocenters. The Kier molecular flexibility index (Phi) is 33.8. The van der Waals surface area contributed by atoms with E-state index >= 15 is 0 Å². The van der Waals surface area contributed by atoms with Crippen molar-refractivity contribution < 1.29 is 29.0 Å². The van der Waals surface area contributed by atoms with Crippen LogP contribution in [-0.2, 0) is 19.1 Å². The molecule has 0 radical (unpaired) electrons. The molecule has 1 aliphatic heterocycles. The molecule has 1 atom stereocenters. The minimum absolute atomic E-state index is 0.218. The van der Waals surface area contributed by atoms with Gasteiger partial charge in [-0.3, -0.25) is 14.5 Å². The average Bonchev–Trinajstić information content (AvgIpc) is 3.22. The number of hydrogen-bond acceptors (Lipinski definition) is 8. The quantitative estimate of drug-likeness (QED) is 0.334. The summed E-state index contributed by atoms with van der Waals surface area (Å²) in [6, 6.07) is 3.38. The van der Waals surface area contributed by atoms with Gasteiger partial charge in [-0.05, 0) is 61.4 Å². The van der Waals surface area contributed by atoms with E-state index < -0.39 is 5.97 Å². The molecule has 0 aromatic carbocycles. The van der Waals surface area contributed by atoms with Gasteiger partial charge in [-0.2, -0.15) is 0 Å². The van der Waals surface area contributed by atoms with Crippen LogP contribution in [0.3, 0.4) is 0 Å². The van der Waals surface area contributed by atoms with Gasteiger partial charge in [-0.25, -0.2) is 4.98 Å². The molecule has 1 saturated heterocycles. The van der Waals surface area contributed by atoms with Crippen molar-refractivity contribution in [3.05, 3.63) is 22.9 Å². The van der Waals surface area contributed by atoms with Gasteiger partial charge < -0.3 is 24.7 Å². The third kappa shape index (κ3) is 31.8. The average molecular weight is 534 g/mol. The number of likely N-dealkylation sites (tertiary alicyclic amines) is 1. The SMILES string of the molecule is C#C.CC(C)C.CN1CCC[C@H]1C(=O)O.CNCC=O.COC=O.COc1ccnc(Br)c1. The number of hydrogen-bond donors (Lipinski definition) is 2. The van der Waals surface area contributed by atoms with E-state index in [9.17, 15) is 9.59 Å². The number of ether oxygens (including phenoxy) is 2. The number of carboxylic acids is 1. The molecule has 2 N–H and O–H groups in total. The fraction of sp³-hybridized carbons (Fsp3) is 0.565. The molecule has 1 fully saturated rings. The highest BCUT2D eigenvalue weighted by atomic mass is 79.9. The minimum Gasteiger partial charge on any atom is -0.497 e. The Balaban J connectivity index is -0.000000164. The number of methoxy groups -OCH3 is 2. The Bertz CT molecular complexity index is 612. The van der Waals surface area contributed by atoms with Gasteiger partial charge in [0.05, 0.1) is 20.8 Å². The summed E-state index contributed by atoms with van der Waals surface area (Å²) < 4.78 is 9.58. The molecular weight excluding hydrogens is 494 g/mol. The second-order valence-corrected chi connectivity index (χ2v) is 7.60. The van der Waals surface area contributed by atoms with Crippen LogP contribution in [0.1, 0.15) is 33.6 Å². The first-order chi connectivity index (χ1) is 15.6. The van der Waals surface area contributed by atoms with E-state index in [0.29, 0.717) is 13.0 Å². The highest BCUT2D eigenvalue weighted by Gasteiger charge is 2.26. The van der Waals surface area contributed by atoms with Crippen LogP contribution in [0, 0.1) is 18.8 Å². The first-order valence-corrected chi connectivity index (χ1v) is 10.9. The zero-order valence-electron chi connectivity index (χ0n) is 20.8. The number of aldehydes is 1. The molecular formula is C23H40BrN3O6. The van der Waals surface area contributed by atoms with Crippen molar-refractivity contribution in [2.75, 3.05) is 41.4 Å². The molecule has 0 bridgehead atoms. The number of halogens is 1. The molecule has 0 spiro atoms. The summed E-state index contributed by atoms with van der Waals surface area (Å²) in [5.41, 5.74) is 0. The lowest BCUT2D eigenvalue weighted by molar-refractivity contribution is -0.141. The molecule has 0 saturated carbocycles. The van der Waals surface area contributed by atoms with Crippen LogP contribution in [0.2, 0.25) is 0 Å². The van der Waals surface area contributed by atoms with Crippen LogP contribution in [0.25, 0.3) is 0 Å². The maximum absolute atomic E-state index is 10.4. The van der Waals surface area contributed by atoms with E-state index in [0.717, 1.165) is 41.9 Å². The van der Waals surface area contributed by atoms with Crippen LogP contribution < -0.4 is 10.1 Å². The molecule has 9 nitrogen and oxygen atoms in total. The second kappa shape index (κ2) is 29.5. The maximum Gasteiger partial charge on any atom is 0.320 e. The van der Waals surface area contributed by atoms with Crippen molar-refractivity contribution in [1.82, 2.24) is 15.2 Å². The Morgan fingerprint density at radius 2 is 1.88 bits per heavy atom. The molecule has 190 valence electrons. The van der Waals surface area contributed by atoms with Crippen molar-refractivity contribution in [2.45, 2.75) is 39.7 Å². The van der Waals surface area contributed by atoms with E-state index in [1.54, 1.807) is 32.5 Å². The topological polar surface area (TPSA) is 118 Å². The van der Waals surface area contributed by atoms with Gasteiger partial charge >= 0.3 is 5.97 Å². The first kappa shape index (κ1) is 37.8. The lowest BCUT2D eigenvalue weighted by Crippen LogP contribution is -2.32.